The second-order valence-corrected chi connectivity index (χ2v) is 3.15. The SMILES string of the molecule is COCCO.OCC1OCCC(O)C1O. The maximum Gasteiger partial charge on any atom is 0.109 e. The highest BCUT2D eigenvalue weighted by Crippen LogP contribution is 2.13. The monoisotopic (exact) mass is 224 g/mol. The maximum absolute atomic E-state index is 9.10. The summed E-state index contributed by atoms with van der Waals surface area (Å²) in [5, 5.41) is 34.7. The fourth-order valence-corrected chi connectivity index (χ4v) is 1.11. The van der Waals surface area contributed by atoms with Crippen LogP contribution in [0.3, 0.4) is 0 Å². The van der Waals surface area contributed by atoms with Crippen molar-refractivity contribution in [2.24, 2.45) is 0 Å². The molecule has 0 aromatic heterocycles. The lowest BCUT2D eigenvalue weighted by Crippen LogP contribution is -2.46. The summed E-state index contributed by atoms with van der Waals surface area (Å²) in [6.45, 7) is 0.734. The van der Waals surface area contributed by atoms with Crippen LogP contribution in [0, 0.1) is 0 Å². The number of rotatable bonds is 3. The number of hydrogen-bond acceptors (Lipinski definition) is 6. The van der Waals surface area contributed by atoms with Gasteiger partial charge < -0.3 is 29.9 Å². The van der Waals surface area contributed by atoms with E-state index >= 15 is 0 Å². The van der Waals surface area contributed by atoms with E-state index in [4.69, 9.17) is 25.2 Å². The molecule has 6 nitrogen and oxygen atoms in total. The van der Waals surface area contributed by atoms with Crippen LogP contribution in [-0.4, -0.2) is 72.3 Å². The zero-order valence-corrected chi connectivity index (χ0v) is 8.87. The van der Waals surface area contributed by atoms with E-state index in [-0.39, 0.29) is 13.2 Å². The third-order valence-corrected chi connectivity index (χ3v) is 2.00. The Balaban J connectivity index is 0.000000336. The molecule has 1 fully saturated rings. The van der Waals surface area contributed by atoms with Crippen LogP contribution < -0.4 is 0 Å². The molecule has 0 bridgehead atoms. The number of aliphatic hydroxyl groups excluding tert-OH is 4. The van der Waals surface area contributed by atoms with Crippen LogP contribution in [0.2, 0.25) is 0 Å². The molecular weight excluding hydrogens is 204 g/mol. The van der Waals surface area contributed by atoms with E-state index in [2.05, 4.69) is 4.74 Å². The molecular formula is C9H20O6. The van der Waals surface area contributed by atoms with E-state index < -0.39 is 18.3 Å². The molecule has 4 N–H and O–H groups in total. The van der Waals surface area contributed by atoms with Crippen molar-refractivity contribution in [3.05, 3.63) is 0 Å². The first kappa shape index (κ1) is 14.8. The van der Waals surface area contributed by atoms with Gasteiger partial charge >= 0.3 is 0 Å². The molecule has 0 aliphatic carbocycles. The lowest BCUT2D eigenvalue weighted by molar-refractivity contribution is -0.147. The number of methoxy groups -OCH3 is 1. The van der Waals surface area contributed by atoms with Gasteiger partial charge in [0.15, 0.2) is 0 Å². The normalized spacial score (nSPS) is 30.6. The molecule has 6 heteroatoms. The van der Waals surface area contributed by atoms with Gasteiger partial charge in [-0.25, -0.2) is 0 Å². The zero-order valence-electron chi connectivity index (χ0n) is 8.87. The van der Waals surface area contributed by atoms with E-state index in [0.717, 1.165) is 0 Å². The average Bonchev–Trinajstić information content (AvgIpc) is 2.24. The van der Waals surface area contributed by atoms with Gasteiger partial charge in [-0.15, -0.1) is 0 Å². The van der Waals surface area contributed by atoms with Crippen LogP contribution in [-0.2, 0) is 9.47 Å². The smallest absolute Gasteiger partial charge is 0.109 e. The lowest BCUT2D eigenvalue weighted by atomic mass is 10.0. The second-order valence-electron chi connectivity index (χ2n) is 3.15. The molecule has 1 rings (SSSR count). The van der Waals surface area contributed by atoms with Crippen LogP contribution in [0.25, 0.3) is 0 Å². The van der Waals surface area contributed by atoms with Gasteiger partial charge in [0.1, 0.15) is 12.2 Å². The van der Waals surface area contributed by atoms with Gasteiger partial charge in [-0.1, -0.05) is 0 Å². The molecule has 3 unspecified atom stereocenters. The molecule has 0 amide bonds. The van der Waals surface area contributed by atoms with Crippen molar-refractivity contribution in [2.75, 3.05) is 33.5 Å². The van der Waals surface area contributed by atoms with Crippen LogP contribution in [0.15, 0.2) is 0 Å². The summed E-state index contributed by atoms with van der Waals surface area (Å²) in [5.41, 5.74) is 0. The minimum atomic E-state index is -0.932. The summed E-state index contributed by atoms with van der Waals surface area (Å²) >= 11 is 0. The molecule has 0 aromatic rings. The first-order chi connectivity index (χ1) is 7.17. The van der Waals surface area contributed by atoms with E-state index in [1.54, 1.807) is 7.11 Å². The van der Waals surface area contributed by atoms with Gasteiger partial charge in [0.05, 0.1) is 25.9 Å². The molecule has 0 radical (unpaired) electrons. The van der Waals surface area contributed by atoms with Gasteiger partial charge in [0, 0.05) is 13.7 Å². The Hall–Kier alpha value is -0.240. The van der Waals surface area contributed by atoms with Gasteiger partial charge in [-0.3, -0.25) is 0 Å². The largest absolute Gasteiger partial charge is 0.394 e. The Morgan fingerprint density at radius 2 is 2.00 bits per heavy atom. The average molecular weight is 224 g/mol. The summed E-state index contributed by atoms with van der Waals surface area (Å²) in [4.78, 5) is 0. The fourth-order valence-electron chi connectivity index (χ4n) is 1.11. The molecule has 1 aliphatic rings. The fraction of sp³-hybridized carbons (Fsp3) is 1.00. The first-order valence-corrected chi connectivity index (χ1v) is 4.85. The summed E-state index contributed by atoms with van der Waals surface area (Å²) < 4.78 is 9.39. The molecule has 3 atom stereocenters. The van der Waals surface area contributed by atoms with E-state index in [0.29, 0.717) is 19.6 Å². The molecule has 92 valence electrons. The molecule has 15 heavy (non-hydrogen) atoms. The van der Waals surface area contributed by atoms with Crippen molar-refractivity contribution >= 4 is 0 Å². The van der Waals surface area contributed by atoms with Gasteiger partial charge in [-0.2, -0.15) is 0 Å². The predicted octanol–water partition coefficient (Wildman–Crippen LogP) is -1.89. The summed E-state index contributed by atoms with van der Waals surface area (Å²) in [6, 6.07) is 0. The number of aliphatic hydroxyl groups is 4. The first-order valence-electron chi connectivity index (χ1n) is 4.85. The third-order valence-electron chi connectivity index (χ3n) is 2.00. The zero-order chi connectivity index (χ0) is 11.7. The predicted molar refractivity (Wildman–Crippen MR) is 52.4 cm³/mol. The van der Waals surface area contributed by atoms with Crippen LogP contribution >= 0.6 is 0 Å². The van der Waals surface area contributed by atoms with Crippen molar-refractivity contribution in [1.82, 2.24) is 0 Å². The van der Waals surface area contributed by atoms with Crippen LogP contribution in [0.4, 0.5) is 0 Å². The van der Waals surface area contributed by atoms with Crippen molar-refractivity contribution < 1.29 is 29.9 Å². The van der Waals surface area contributed by atoms with E-state index in [1.807, 2.05) is 0 Å². The molecule has 1 aliphatic heterocycles. The molecule has 1 saturated heterocycles. The van der Waals surface area contributed by atoms with Gasteiger partial charge in [0.25, 0.3) is 0 Å². The van der Waals surface area contributed by atoms with Gasteiger partial charge in [0.2, 0.25) is 0 Å². The van der Waals surface area contributed by atoms with Crippen LogP contribution in [0.5, 0.6) is 0 Å². The Labute approximate surface area is 89.1 Å². The summed E-state index contributed by atoms with van der Waals surface area (Å²) in [6.07, 6.45) is -1.84. The minimum Gasteiger partial charge on any atom is -0.394 e. The number of ether oxygens (including phenoxy) is 2. The summed E-state index contributed by atoms with van der Waals surface area (Å²) in [7, 11) is 1.55. The Morgan fingerprint density at radius 1 is 1.33 bits per heavy atom. The topological polar surface area (TPSA) is 99.4 Å². The highest BCUT2D eigenvalue weighted by molar-refractivity contribution is 4.79. The standard InChI is InChI=1S/C6H12O4.C3H8O2/c7-3-5-6(9)4(8)1-2-10-5;1-5-3-2-4/h4-9H,1-3H2;4H,2-3H2,1H3. The molecule has 0 aromatic carbocycles. The van der Waals surface area contributed by atoms with Crippen molar-refractivity contribution in [1.29, 1.82) is 0 Å². The number of hydrogen-bond donors (Lipinski definition) is 4. The third kappa shape index (κ3) is 6.03. The van der Waals surface area contributed by atoms with Crippen molar-refractivity contribution in [3.8, 4) is 0 Å². The Kier molecular flexibility index (Phi) is 8.88. The maximum atomic E-state index is 9.10. The highest BCUT2D eigenvalue weighted by Gasteiger charge is 2.30. The van der Waals surface area contributed by atoms with Gasteiger partial charge in [-0.05, 0) is 6.42 Å². The quantitative estimate of drug-likeness (QED) is 0.447. The molecule has 0 saturated carbocycles. The van der Waals surface area contributed by atoms with Crippen molar-refractivity contribution in [2.45, 2.75) is 24.7 Å². The van der Waals surface area contributed by atoms with E-state index in [1.165, 1.54) is 0 Å². The Morgan fingerprint density at radius 3 is 2.33 bits per heavy atom. The molecule has 1 heterocycles. The summed E-state index contributed by atoms with van der Waals surface area (Å²) in [5.74, 6) is 0. The minimum absolute atomic E-state index is 0.122. The van der Waals surface area contributed by atoms with Crippen molar-refractivity contribution in [3.63, 3.8) is 0 Å². The van der Waals surface area contributed by atoms with E-state index in [9.17, 15) is 0 Å². The lowest BCUT2D eigenvalue weighted by Gasteiger charge is -2.30. The Bertz CT molecular complexity index is 141. The highest BCUT2D eigenvalue weighted by atomic mass is 16.5. The van der Waals surface area contributed by atoms with Crippen LogP contribution in [0.1, 0.15) is 6.42 Å². The molecule has 0 spiro atoms. The second kappa shape index (κ2) is 9.02.